The zero-order valence-electron chi connectivity index (χ0n) is 14.4. The topological polar surface area (TPSA) is 69.4 Å². The van der Waals surface area contributed by atoms with Crippen LogP contribution in [0.4, 0.5) is 54.0 Å². The summed E-state index contributed by atoms with van der Waals surface area (Å²) in [6.07, 6.45) is -10.1. The average Bonchev–Trinajstić information content (AvgIpc) is 2.63. The van der Waals surface area contributed by atoms with Gasteiger partial charge >= 0.3 is 36.3 Å². The van der Waals surface area contributed by atoms with Gasteiger partial charge in [0.05, 0.1) is 21.1 Å². The van der Waals surface area contributed by atoms with Crippen molar-refractivity contribution in [1.29, 1.82) is 0 Å². The summed E-state index contributed by atoms with van der Waals surface area (Å²) in [5.41, 5.74) is -2.56. The Balaban J connectivity index is 2.86. The number of halogens is 11. The molecule has 0 saturated carbocycles. The Kier molecular flexibility index (Phi) is 7.78. The fourth-order valence-electron chi connectivity index (χ4n) is 1.78. The van der Waals surface area contributed by atoms with Crippen molar-refractivity contribution in [1.82, 2.24) is 0 Å². The molecular formula is C14H8F11NO4S. The number of hydrogen-bond donors (Lipinski definition) is 0. The van der Waals surface area contributed by atoms with Gasteiger partial charge in [0.25, 0.3) is 5.69 Å². The van der Waals surface area contributed by atoms with Gasteiger partial charge in [0, 0.05) is 6.07 Å². The molecule has 31 heavy (non-hydrogen) atoms. The monoisotopic (exact) mass is 495 g/mol. The highest BCUT2D eigenvalue weighted by Gasteiger charge is 2.75. The minimum Gasteiger partial charge on any atom is -0.458 e. The second kappa shape index (κ2) is 9.04. The number of nitrogens with zero attached hydrogens (tertiary/aromatic N) is 1. The Morgan fingerprint density at radius 1 is 1.06 bits per heavy atom. The van der Waals surface area contributed by atoms with E-state index in [-0.39, 0.29) is 17.8 Å². The van der Waals surface area contributed by atoms with Crippen LogP contribution in [0.2, 0.25) is 0 Å². The fraction of sp³-hybridized carbons (Fsp3) is 0.500. The first kappa shape index (κ1) is 26.7. The van der Waals surface area contributed by atoms with E-state index in [1.165, 1.54) is 0 Å². The Hall–Kier alpha value is -2.33. The molecule has 5 nitrogen and oxygen atoms in total. The van der Waals surface area contributed by atoms with Gasteiger partial charge < -0.3 is 4.74 Å². The molecule has 0 heterocycles. The van der Waals surface area contributed by atoms with E-state index < -0.39 is 69.8 Å². The van der Waals surface area contributed by atoms with Crippen molar-refractivity contribution < 1.29 is 62.7 Å². The summed E-state index contributed by atoms with van der Waals surface area (Å²) in [4.78, 5) is 20.4. The van der Waals surface area contributed by atoms with Crippen LogP contribution in [0.25, 0.3) is 0 Å². The van der Waals surface area contributed by atoms with Crippen LogP contribution in [0.3, 0.4) is 0 Å². The number of rotatable bonds is 9. The van der Waals surface area contributed by atoms with Crippen molar-refractivity contribution in [2.45, 2.75) is 35.3 Å². The van der Waals surface area contributed by atoms with Crippen molar-refractivity contribution in [3.63, 3.8) is 0 Å². The molecule has 0 aliphatic carbocycles. The van der Waals surface area contributed by atoms with Gasteiger partial charge in [-0.15, -0.1) is 11.8 Å². The van der Waals surface area contributed by atoms with E-state index in [1.54, 1.807) is 0 Å². The quantitative estimate of drug-likeness (QED) is 0.151. The lowest BCUT2D eigenvalue weighted by molar-refractivity contribution is -0.388. The van der Waals surface area contributed by atoms with E-state index in [4.69, 9.17) is 0 Å². The molecule has 0 amide bonds. The molecule has 176 valence electrons. The van der Waals surface area contributed by atoms with E-state index in [0.717, 1.165) is 0 Å². The van der Waals surface area contributed by atoms with Crippen LogP contribution in [0, 0.1) is 10.1 Å². The molecule has 0 aliphatic heterocycles. The molecule has 0 N–H and O–H groups in total. The van der Waals surface area contributed by atoms with E-state index in [1.807, 2.05) is 0 Å². The molecule has 17 heteroatoms. The number of nitro groups is 1. The SMILES string of the molecule is O=C(CSc1ccc(C(F)(F)F)cc1[N+](=O)[O-])OCC(F)(F)C(F)(F)C(F)(F)C(F)F. The first-order valence-electron chi connectivity index (χ1n) is 7.40. The molecule has 0 unspecified atom stereocenters. The van der Waals surface area contributed by atoms with Crippen LogP contribution in [0.5, 0.6) is 0 Å². The lowest BCUT2D eigenvalue weighted by Gasteiger charge is -2.31. The third kappa shape index (κ3) is 5.88. The van der Waals surface area contributed by atoms with Crippen LogP contribution in [-0.4, -0.2) is 47.4 Å². The predicted molar refractivity (Wildman–Crippen MR) is 80.6 cm³/mol. The van der Waals surface area contributed by atoms with Gasteiger partial charge in [-0.1, -0.05) is 0 Å². The first-order chi connectivity index (χ1) is 13.8. The van der Waals surface area contributed by atoms with Crippen LogP contribution in [-0.2, 0) is 15.7 Å². The smallest absolute Gasteiger partial charge is 0.416 e. The van der Waals surface area contributed by atoms with Crippen molar-refractivity contribution in [2.24, 2.45) is 0 Å². The number of ether oxygens (including phenoxy) is 1. The Labute approximate surface area is 168 Å². The second-order valence-electron chi connectivity index (χ2n) is 5.59. The Bertz CT molecular complexity index is 829. The summed E-state index contributed by atoms with van der Waals surface area (Å²) in [5, 5.41) is 10.9. The highest BCUT2D eigenvalue weighted by atomic mass is 32.2. The van der Waals surface area contributed by atoms with Gasteiger partial charge in [-0.2, -0.15) is 39.5 Å². The second-order valence-corrected chi connectivity index (χ2v) is 6.61. The van der Waals surface area contributed by atoms with Gasteiger partial charge in [0.15, 0.2) is 6.61 Å². The summed E-state index contributed by atoms with van der Waals surface area (Å²) >= 11 is 0.0872. The van der Waals surface area contributed by atoms with Crippen molar-refractivity contribution in [2.75, 3.05) is 12.4 Å². The summed E-state index contributed by atoms with van der Waals surface area (Å²) in [7, 11) is 0. The molecule has 0 atom stereocenters. The molecule has 1 aromatic rings. The maximum absolute atomic E-state index is 13.3. The number of benzene rings is 1. The number of alkyl halides is 11. The molecule has 0 aromatic heterocycles. The van der Waals surface area contributed by atoms with Crippen LogP contribution in [0.15, 0.2) is 23.1 Å². The van der Waals surface area contributed by atoms with E-state index in [0.29, 0.717) is 12.1 Å². The lowest BCUT2D eigenvalue weighted by Crippen LogP contribution is -2.59. The number of hydrogen-bond acceptors (Lipinski definition) is 5. The number of thioether (sulfide) groups is 1. The highest BCUT2D eigenvalue weighted by Crippen LogP contribution is 2.48. The van der Waals surface area contributed by atoms with Crippen LogP contribution >= 0.6 is 11.8 Å². The van der Waals surface area contributed by atoms with Gasteiger partial charge in [0.2, 0.25) is 0 Å². The molecule has 1 aromatic carbocycles. The molecule has 0 saturated heterocycles. The minimum absolute atomic E-state index is 0.0872. The minimum atomic E-state index is -6.60. The van der Waals surface area contributed by atoms with Crippen LogP contribution in [0.1, 0.15) is 5.56 Å². The summed E-state index contributed by atoms with van der Waals surface area (Å²) in [6.45, 7) is -2.74. The van der Waals surface area contributed by atoms with Gasteiger partial charge in [-0.3, -0.25) is 14.9 Å². The summed E-state index contributed by atoms with van der Waals surface area (Å²) in [6, 6.07) is 1.06. The Morgan fingerprint density at radius 3 is 2.06 bits per heavy atom. The molecule has 0 aliphatic rings. The van der Waals surface area contributed by atoms with Gasteiger partial charge in [0.1, 0.15) is 0 Å². The zero-order chi connectivity index (χ0) is 24.4. The number of carbonyl (C=O) groups is 1. The zero-order valence-corrected chi connectivity index (χ0v) is 15.2. The standard InChI is InChI=1S/C14H8F11NO4S/c15-10(16)12(19,20)14(24,25)11(17,18)5-30-9(27)4-31-8-2-1-6(13(21,22)23)3-7(8)26(28)29/h1-3,10H,4-5H2. The third-order valence-corrected chi connectivity index (χ3v) is 4.43. The first-order valence-corrected chi connectivity index (χ1v) is 8.39. The fourth-order valence-corrected chi connectivity index (χ4v) is 2.58. The molecule has 0 fully saturated rings. The molecular weight excluding hydrogens is 487 g/mol. The lowest BCUT2D eigenvalue weighted by atomic mass is 10.1. The summed E-state index contributed by atoms with van der Waals surface area (Å²) < 4.78 is 143. The van der Waals surface area contributed by atoms with Crippen molar-refractivity contribution >= 4 is 23.4 Å². The molecule has 0 spiro atoms. The molecule has 0 radical (unpaired) electrons. The predicted octanol–water partition coefficient (Wildman–Crippen LogP) is 5.42. The van der Waals surface area contributed by atoms with Gasteiger partial charge in [-0.25, -0.2) is 8.78 Å². The van der Waals surface area contributed by atoms with Gasteiger partial charge in [-0.05, 0) is 12.1 Å². The maximum atomic E-state index is 13.3. The van der Waals surface area contributed by atoms with Crippen molar-refractivity contribution in [3.05, 3.63) is 33.9 Å². The maximum Gasteiger partial charge on any atom is 0.416 e. The summed E-state index contributed by atoms with van der Waals surface area (Å²) in [5.74, 6) is -22.0. The third-order valence-electron chi connectivity index (χ3n) is 3.39. The average molecular weight is 495 g/mol. The van der Waals surface area contributed by atoms with E-state index in [9.17, 15) is 63.2 Å². The highest BCUT2D eigenvalue weighted by molar-refractivity contribution is 8.00. The van der Waals surface area contributed by atoms with E-state index >= 15 is 0 Å². The largest absolute Gasteiger partial charge is 0.458 e. The van der Waals surface area contributed by atoms with E-state index in [2.05, 4.69) is 4.74 Å². The van der Waals surface area contributed by atoms with Crippen LogP contribution < -0.4 is 0 Å². The van der Waals surface area contributed by atoms with Crippen molar-refractivity contribution in [3.8, 4) is 0 Å². The molecule has 1 rings (SSSR count). The normalized spacial score (nSPS) is 13.4. The molecule has 0 bridgehead atoms. The number of esters is 1. The number of nitro benzene ring substituents is 1. The Morgan fingerprint density at radius 2 is 1.61 bits per heavy atom. The number of carbonyl (C=O) groups excluding carboxylic acids is 1.